The molecule has 0 heterocycles. The lowest BCUT2D eigenvalue weighted by Gasteiger charge is -1.97. The Kier molecular flexibility index (Phi) is 2.37. The Labute approximate surface area is 41.9 Å². The Bertz CT molecular complexity index is 67.3. The van der Waals surface area contributed by atoms with Gasteiger partial charge in [-0.05, 0) is 6.92 Å². The number of hydrogen-bond acceptors (Lipinski definition) is 3. The van der Waals surface area contributed by atoms with Crippen molar-refractivity contribution in [2.45, 2.75) is 6.10 Å². The van der Waals surface area contributed by atoms with Gasteiger partial charge in [0.25, 0.3) is 0 Å². The molecule has 0 aliphatic carbocycles. The Balaban J connectivity index is 3.35. The maximum absolute atomic E-state index is 9.98. The number of aliphatic hydroxyl groups excluding tert-OH is 1. The quantitative estimate of drug-likeness (QED) is 0.449. The van der Waals surface area contributed by atoms with Gasteiger partial charge in [0.05, 0.1) is 7.11 Å². The zero-order valence-corrected chi connectivity index (χ0v) is 4.05. The number of rotatable bonds is 1. The average molecular weight is 103 g/mol. The van der Waals surface area contributed by atoms with Crippen LogP contribution in [0.3, 0.4) is 0 Å². The molecule has 1 atom stereocenters. The fraction of sp³-hybridized carbons (Fsp3) is 0.500. The van der Waals surface area contributed by atoms with Gasteiger partial charge in [0, 0.05) is 0 Å². The van der Waals surface area contributed by atoms with Crippen molar-refractivity contribution in [2.75, 3.05) is 7.11 Å². The van der Waals surface area contributed by atoms with E-state index in [0.29, 0.717) is 0 Å². The monoisotopic (exact) mass is 103 g/mol. The number of hydrogen-bond donors (Lipinski definition) is 1. The smallest absolute Gasteiger partial charge is 0.334 e. The molecule has 0 aliphatic heterocycles. The summed E-state index contributed by atoms with van der Waals surface area (Å²) in [5, 5.41) is 8.24. The van der Waals surface area contributed by atoms with Crippen LogP contribution in [0.1, 0.15) is 0 Å². The molecule has 0 spiro atoms. The minimum Gasteiger partial charge on any atom is -0.467 e. The second-order valence-electron chi connectivity index (χ2n) is 1.04. The maximum Gasteiger partial charge on any atom is 0.334 e. The van der Waals surface area contributed by atoms with Crippen molar-refractivity contribution < 1.29 is 14.6 Å². The number of aliphatic hydroxyl groups is 1. The van der Waals surface area contributed by atoms with Crippen LogP contribution >= 0.6 is 0 Å². The lowest BCUT2D eigenvalue weighted by molar-refractivity contribution is -0.147. The lowest BCUT2D eigenvalue weighted by Crippen LogP contribution is -2.17. The zero-order valence-electron chi connectivity index (χ0n) is 4.05. The largest absolute Gasteiger partial charge is 0.467 e. The van der Waals surface area contributed by atoms with Crippen LogP contribution in [-0.2, 0) is 9.53 Å². The van der Waals surface area contributed by atoms with E-state index in [1.165, 1.54) is 7.11 Å². The van der Waals surface area contributed by atoms with Crippen LogP contribution in [0.15, 0.2) is 0 Å². The molecule has 0 aromatic heterocycles. The summed E-state index contributed by atoms with van der Waals surface area (Å²) in [7, 11) is 1.19. The first kappa shape index (κ1) is 6.43. The SMILES string of the molecule is [CH2]C(O)C(=O)OC. The highest BCUT2D eigenvalue weighted by Crippen LogP contribution is 1.79. The number of carbonyl (C=O) groups excluding carboxylic acids is 1. The first-order valence-corrected chi connectivity index (χ1v) is 1.77. The van der Waals surface area contributed by atoms with E-state index in [-0.39, 0.29) is 0 Å². The zero-order chi connectivity index (χ0) is 5.86. The lowest BCUT2D eigenvalue weighted by atomic mass is 10.4. The minimum absolute atomic E-state index is 0.708. The molecule has 0 fully saturated rings. The molecule has 3 heteroatoms. The van der Waals surface area contributed by atoms with E-state index in [9.17, 15) is 4.79 Å². The summed E-state index contributed by atoms with van der Waals surface area (Å²) in [6.07, 6.45) is -1.25. The molecular weight excluding hydrogens is 96.0 g/mol. The van der Waals surface area contributed by atoms with Crippen LogP contribution in [0.2, 0.25) is 0 Å². The summed E-state index contributed by atoms with van der Waals surface area (Å²) in [4.78, 5) is 9.98. The minimum atomic E-state index is -1.25. The summed E-state index contributed by atoms with van der Waals surface area (Å²) in [5.74, 6) is -0.708. The molecule has 3 nitrogen and oxygen atoms in total. The predicted octanol–water partition coefficient (Wildman–Crippen LogP) is -0.646. The Morgan fingerprint density at radius 1 is 2.00 bits per heavy atom. The Morgan fingerprint density at radius 3 is 2.43 bits per heavy atom. The van der Waals surface area contributed by atoms with Gasteiger partial charge in [-0.1, -0.05) is 0 Å². The fourth-order valence-corrected chi connectivity index (χ4v) is 0.136. The van der Waals surface area contributed by atoms with Gasteiger partial charge in [0.1, 0.15) is 0 Å². The normalized spacial score (nSPS) is 13.0. The van der Waals surface area contributed by atoms with Gasteiger partial charge < -0.3 is 9.84 Å². The third kappa shape index (κ3) is 2.17. The van der Waals surface area contributed by atoms with Crippen molar-refractivity contribution in [3.63, 3.8) is 0 Å². The highest BCUT2D eigenvalue weighted by Gasteiger charge is 2.05. The van der Waals surface area contributed by atoms with E-state index in [2.05, 4.69) is 11.7 Å². The number of esters is 1. The van der Waals surface area contributed by atoms with Crippen LogP contribution in [-0.4, -0.2) is 24.3 Å². The van der Waals surface area contributed by atoms with Crippen LogP contribution < -0.4 is 0 Å². The first-order valence-electron chi connectivity index (χ1n) is 1.77. The summed E-state index contributed by atoms with van der Waals surface area (Å²) in [5.41, 5.74) is 0. The first-order chi connectivity index (χ1) is 3.18. The van der Waals surface area contributed by atoms with Crippen LogP contribution in [0.4, 0.5) is 0 Å². The number of methoxy groups -OCH3 is 1. The van der Waals surface area contributed by atoms with E-state index < -0.39 is 12.1 Å². The highest BCUT2D eigenvalue weighted by atomic mass is 16.5. The van der Waals surface area contributed by atoms with Crippen molar-refractivity contribution in [1.29, 1.82) is 0 Å². The molecule has 0 bridgehead atoms. The molecule has 1 N–H and O–H groups in total. The average Bonchev–Trinajstić information content (AvgIpc) is 1.65. The van der Waals surface area contributed by atoms with E-state index in [1.807, 2.05) is 0 Å². The predicted molar refractivity (Wildman–Crippen MR) is 23.4 cm³/mol. The molecular formula is C4H7O3. The fourth-order valence-electron chi connectivity index (χ4n) is 0.136. The third-order valence-corrected chi connectivity index (χ3v) is 0.473. The van der Waals surface area contributed by atoms with E-state index in [1.54, 1.807) is 0 Å². The topological polar surface area (TPSA) is 46.5 Å². The second kappa shape index (κ2) is 2.58. The Hall–Kier alpha value is -0.570. The molecule has 41 valence electrons. The third-order valence-electron chi connectivity index (χ3n) is 0.473. The molecule has 0 aliphatic rings. The molecule has 7 heavy (non-hydrogen) atoms. The highest BCUT2D eigenvalue weighted by molar-refractivity contribution is 5.74. The molecule has 1 unspecified atom stereocenters. The summed E-state index contributed by atoms with van der Waals surface area (Å²) in [6, 6.07) is 0. The van der Waals surface area contributed by atoms with Gasteiger partial charge in [-0.25, -0.2) is 4.79 Å². The molecule has 1 radical (unpaired) electrons. The molecule has 0 aromatic carbocycles. The second-order valence-corrected chi connectivity index (χ2v) is 1.04. The molecule has 0 amide bonds. The van der Waals surface area contributed by atoms with Gasteiger partial charge in [0.15, 0.2) is 6.10 Å². The van der Waals surface area contributed by atoms with E-state index >= 15 is 0 Å². The van der Waals surface area contributed by atoms with Crippen LogP contribution in [0, 0.1) is 6.92 Å². The number of carbonyl (C=O) groups is 1. The summed E-state index contributed by atoms with van der Waals surface area (Å²) >= 11 is 0. The van der Waals surface area contributed by atoms with Gasteiger partial charge in [-0.3, -0.25) is 0 Å². The molecule has 0 saturated carbocycles. The van der Waals surface area contributed by atoms with Crippen molar-refractivity contribution >= 4 is 5.97 Å². The van der Waals surface area contributed by atoms with Crippen LogP contribution in [0.5, 0.6) is 0 Å². The van der Waals surface area contributed by atoms with Gasteiger partial charge in [0.2, 0.25) is 0 Å². The van der Waals surface area contributed by atoms with Crippen molar-refractivity contribution in [3.8, 4) is 0 Å². The van der Waals surface area contributed by atoms with Gasteiger partial charge in [-0.2, -0.15) is 0 Å². The Morgan fingerprint density at radius 2 is 2.43 bits per heavy atom. The van der Waals surface area contributed by atoms with Crippen molar-refractivity contribution in [1.82, 2.24) is 0 Å². The van der Waals surface area contributed by atoms with Crippen LogP contribution in [0.25, 0.3) is 0 Å². The van der Waals surface area contributed by atoms with Gasteiger partial charge in [-0.15, -0.1) is 0 Å². The maximum atomic E-state index is 9.98. The molecule has 0 rings (SSSR count). The summed E-state index contributed by atoms with van der Waals surface area (Å²) in [6.45, 7) is 2.99. The van der Waals surface area contributed by atoms with E-state index in [0.717, 1.165) is 0 Å². The standard InChI is InChI=1S/C4H7O3/c1-3(5)4(6)7-2/h3,5H,1H2,2H3. The molecule has 0 aromatic rings. The van der Waals surface area contributed by atoms with Crippen molar-refractivity contribution in [2.24, 2.45) is 0 Å². The van der Waals surface area contributed by atoms with Gasteiger partial charge >= 0.3 is 5.97 Å². The van der Waals surface area contributed by atoms with Crippen molar-refractivity contribution in [3.05, 3.63) is 6.92 Å². The molecule has 0 saturated heterocycles. The summed E-state index contributed by atoms with van der Waals surface area (Å²) < 4.78 is 4.06. The number of ether oxygens (including phenoxy) is 1. The van der Waals surface area contributed by atoms with E-state index in [4.69, 9.17) is 5.11 Å².